The molecular weight excluding hydrogens is 297 g/mol. The summed E-state index contributed by atoms with van der Waals surface area (Å²) in [6.07, 6.45) is -3.48. The van der Waals surface area contributed by atoms with E-state index in [0.717, 1.165) is 24.1 Å². The molecule has 124 valence electrons. The Balaban J connectivity index is 2.34. The molecule has 0 bridgehead atoms. The van der Waals surface area contributed by atoms with E-state index < -0.39 is 12.7 Å². The van der Waals surface area contributed by atoms with Gasteiger partial charge in [-0.15, -0.1) is 0 Å². The van der Waals surface area contributed by atoms with Crippen LogP contribution in [0.2, 0.25) is 0 Å². The molecule has 1 heterocycles. The molecule has 0 saturated carbocycles. The second kappa shape index (κ2) is 6.75. The molecule has 2 rings (SSSR count). The van der Waals surface area contributed by atoms with Crippen LogP contribution in [0.25, 0.3) is 0 Å². The van der Waals surface area contributed by atoms with E-state index in [4.69, 9.17) is 9.47 Å². The first-order valence-electron chi connectivity index (χ1n) is 7.15. The van der Waals surface area contributed by atoms with Gasteiger partial charge in [-0.05, 0) is 26.0 Å². The van der Waals surface area contributed by atoms with Crippen LogP contribution in [-0.4, -0.2) is 33.5 Å². The molecule has 7 heteroatoms. The van der Waals surface area contributed by atoms with Gasteiger partial charge in [-0.1, -0.05) is 0 Å². The highest BCUT2D eigenvalue weighted by atomic mass is 19.4. The van der Waals surface area contributed by atoms with Crippen LogP contribution in [-0.2, 0) is 13.0 Å². The van der Waals surface area contributed by atoms with Crippen LogP contribution in [0.1, 0.15) is 29.7 Å². The van der Waals surface area contributed by atoms with Crippen molar-refractivity contribution in [1.82, 2.24) is 10.6 Å². The minimum absolute atomic E-state index is 0.0775. The summed E-state index contributed by atoms with van der Waals surface area (Å²) in [4.78, 5) is 0. The molecule has 0 amide bonds. The Hall–Kier alpha value is -1.47. The van der Waals surface area contributed by atoms with Gasteiger partial charge in [0, 0.05) is 29.3 Å². The summed E-state index contributed by atoms with van der Waals surface area (Å²) < 4.78 is 47.7. The summed E-state index contributed by atoms with van der Waals surface area (Å²) in [5.41, 5.74) is 2.71. The van der Waals surface area contributed by atoms with Gasteiger partial charge in [-0.3, -0.25) is 0 Å². The molecule has 1 unspecified atom stereocenters. The zero-order valence-corrected chi connectivity index (χ0v) is 12.9. The van der Waals surface area contributed by atoms with Crippen LogP contribution in [0, 0.1) is 0 Å². The van der Waals surface area contributed by atoms with Gasteiger partial charge < -0.3 is 20.1 Å². The van der Waals surface area contributed by atoms with Crippen molar-refractivity contribution >= 4 is 0 Å². The second-order valence-corrected chi connectivity index (χ2v) is 5.31. The third kappa shape index (κ3) is 3.64. The molecule has 1 aromatic rings. The predicted molar refractivity (Wildman–Crippen MR) is 77.4 cm³/mol. The number of methoxy groups -OCH3 is 2. The SMILES string of the molecule is COc1cc(CNCC(F)(F)F)c(OC)c2c1C(C)NCC2. The number of rotatable bonds is 5. The number of benzene rings is 1. The minimum atomic E-state index is -4.23. The molecule has 0 spiro atoms. The summed E-state index contributed by atoms with van der Waals surface area (Å²) in [5.74, 6) is 1.33. The Bertz CT molecular complexity index is 532. The molecule has 1 aromatic carbocycles. The van der Waals surface area contributed by atoms with Gasteiger partial charge in [0.05, 0.1) is 20.8 Å². The molecule has 0 radical (unpaired) electrons. The maximum Gasteiger partial charge on any atom is 0.401 e. The highest BCUT2D eigenvalue weighted by Gasteiger charge is 2.28. The van der Waals surface area contributed by atoms with Gasteiger partial charge in [0.15, 0.2) is 0 Å². The number of hydrogen-bond donors (Lipinski definition) is 2. The maximum atomic E-state index is 12.3. The molecule has 0 fully saturated rings. The van der Waals surface area contributed by atoms with Gasteiger partial charge in [-0.2, -0.15) is 13.2 Å². The number of halogens is 3. The molecule has 0 saturated heterocycles. The summed E-state index contributed by atoms with van der Waals surface area (Å²) >= 11 is 0. The Labute approximate surface area is 128 Å². The summed E-state index contributed by atoms with van der Waals surface area (Å²) in [5, 5.41) is 5.76. The van der Waals surface area contributed by atoms with E-state index in [1.165, 1.54) is 0 Å². The Kier molecular flexibility index (Phi) is 5.18. The molecule has 0 aliphatic carbocycles. The third-order valence-corrected chi connectivity index (χ3v) is 3.79. The lowest BCUT2D eigenvalue weighted by atomic mass is 9.91. The van der Waals surface area contributed by atoms with Crippen molar-refractivity contribution in [3.8, 4) is 11.5 Å². The lowest BCUT2D eigenvalue weighted by molar-refractivity contribution is -0.125. The zero-order chi connectivity index (χ0) is 16.3. The van der Waals surface area contributed by atoms with Crippen molar-refractivity contribution < 1.29 is 22.6 Å². The monoisotopic (exact) mass is 318 g/mol. The number of fused-ring (bicyclic) bond motifs is 1. The van der Waals surface area contributed by atoms with Crippen molar-refractivity contribution in [2.24, 2.45) is 0 Å². The molecule has 22 heavy (non-hydrogen) atoms. The molecule has 2 N–H and O–H groups in total. The van der Waals surface area contributed by atoms with Crippen molar-refractivity contribution in [3.63, 3.8) is 0 Å². The van der Waals surface area contributed by atoms with Crippen LogP contribution in [0.5, 0.6) is 11.5 Å². The largest absolute Gasteiger partial charge is 0.496 e. The molecular formula is C15H21F3N2O2. The predicted octanol–water partition coefficient (Wildman–Crippen LogP) is 2.56. The van der Waals surface area contributed by atoms with E-state index in [2.05, 4.69) is 10.6 Å². The standard InChI is InChI=1S/C15H21F3N2O2/c1-9-13-11(4-5-20-9)14(22-3)10(6-12(13)21-2)7-19-8-15(16,17)18/h6,9,19-20H,4-5,7-8H2,1-3H3. The van der Waals surface area contributed by atoms with E-state index in [1.807, 2.05) is 6.92 Å². The molecule has 1 atom stereocenters. The third-order valence-electron chi connectivity index (χ3n) is 3.79. The average Bonchev–Trinajstić information content (AvgIpc) is 2.45. The molecule has 1 aliphatic rings. The van der Waals surface area contributed by atoms with E-state index in [9.17, 15) is 13.2 Å². The van der Waals surface area contributed by atoms with E-state index >= 15 is 0 Å². The van der Waals surface area contributed by atoms with Crippen LogP contribution in [0.4, 0.5) is 13.2 Å². The highest BCUT2D eigenvalue weighted by Crippen LogP contribution is 2.40. The Morgan fingerprint density at radius 1 is 1.32 bits per heavy atom. The smallest absolute Gasteiger partial charge is 0.401 e. The van der Waals surface area contributed by atoms with Crippen LogP contribution in [0.15, 0.2) is 6.07 Å². The highest BCUT2D eigenvalue weighted by molar-refractivity contribution is 5.56. The Morgan fingerprint density at radius 2 is 2.05 bits per heavy atom. The van der Waals surface area contributed by atoms with E-state index in [1.54, 1.807) is 20.3 Å². The lowest BCUT2D eigenvalue weighted by Crippen LogP contribution is -2.30. The minimum Gasteiger partial charge on any atom is -0.496 e. The van der Waals surface area contributed by atoms with Crippen LogP contribution >= 0.6 is 0 Å². The number of alkyl halides is 3. The van der Waals surface area contributed by atoms with Crippen molar-refractivity contribution in [3.05, 3.63) is 22.8 Å². The van der Waals surface area contributed by atoms with Crippen LogP contribution < -0.4 is 20.1 Å². The van der Waals surface area contributed by atoms with Gasteiger partial charge >= 0.3 is 6.18 Å². The fraction of sp³-hybridized carbons (Fsp3) is 0.600. The normalized spacial score (nSPS) is 18.0. The second-order valence-electron chi connectivity index (χ2n) is 5.31. The van der Waals surface area contributed by atoms with Crippen molar-refractivity contribution in [1.29, 1.82) is 0 Å². The van der Waals surface area contributed by atoms with Crippen molar-refractivity contribution in [2.45, 2.75) is 32.1 Å². The first-order chi connectivity index (χ1) is 10.4. The quantitative estimate of drug-likeness (QED) is 0.876. The molecule has 1 aliphatic heterocycles. The van der Waals surface area contributed by atoms with Gasteiger partial charge in [0.25, 0.3) is 0 Å². The number of nitrogens with one attached hydrogen (secondary N) is 2. The van der Waals surface area contributed by atoms with E-state index in [-0.39, 0.29) is 12.6 Å². The van der Waals surface area contributed by atoms with Crippen LogP contribution in [0.3, 0.4) is 0 Å². The fourth-order valence-electron chi connectivity index (χ4n) is 2.90. The zero-order valence-electron chi connectivity index (χ0n) is 12.9. The maximum absolute atomic E-state index is 12.3. The molecule has 4 nitrogen and oxygen atoms in total. The van der Waals surface area contributed by atoms with Gasteiger partial charge in [0.2, 0.25) is 0 Å². The summed E-state index contributed by atoms with van der Waals surface area (Å²) in [6, 6.07) is 1.87. The topological polar surface area (TPSA) is 42.5 Å². The Morgan fingerprint density at radius 3 is 2.64 bits per heavy atom. The first kappa shape index (κ1) is 16.9. The number of hydrogen-bond acceptors (Lipinski definition) is 4. The fourth-order valence-corrected chi connectivity index (χ4v) is 2.90. The molecule has 0 aromatic heterocycles. The lowest BCUT2D eigenvalue weighted by Gasteiger charge is -2.29. The average molecular weight is 318 g/mol. The summed E-state index contributed by atoms with van der Waals surface area (Å²) in [7, 11) is 3.11. The van der Waals surface area contributed by atoms with Gasteiger partial charge in [-0.25, -0.2) is 0 Å². The van der Waals surface area contributed by atoms with Crippen molar-refractivity contribution in [2.75, 3.05) is 27.3 Å². The summed E-state index contributed by atoms with van der Waals surface area (Å²) in [6.45, 7) is 1.87. The number of ether oxygens (including phenoxy) is 2. The first-order valence-corrected chi connectivity index (χ1v) is 7.15. The van der Waals surface area contributed by atoms with E-state index in [0.29, 0.717) is 17.1 Å². The van der Waals surface area contributed by atoms with Gasteiger partial charge in [0.1, 0.15) is 11.5 Å².